The third-order valence-electron chi connectivity index (χ3n) is 4.34. The maximum Gasteiger partial charge on any atom is 0.254 e. The molecule has 2 aromatic rings. The number of hydrogen-bond acceptors (Lipinski definition) is 4. The molecule has 126 valence electrons. The number of aromatic nitrogens is 1. The summed E-state index contributed by atoms with van der Waals surface area (Å²) in [6.07, 6.45) is 2.59. The molecular formula is C19H22N2O3. The van der Waals surface area contributed by atoms with Crippen molar-refractivity contribution in [2.45, 2.75) is 19.3 Å². The zero-order valence-corrected chi connectivity index (χ0v) is 14.1. The van der Waals surface area contributed by atoms with Crippen LogP contribution in [0.4, 0.5) is 0 Å². The summed E-state index contributed by atoms with van der Waals surface area (Å²) in [4.78, 5) is 18.7. The predicted octanol–water partition coefficient (Wildman–Crippen LogP) is 3.12. The fourth-order valence-corrected chi connectivity index (χ4v) is 3.04. The first-order chi connectivity index (χ1) is 11.7. The summed E-state index contributed by atoms with van der Waals surface area (Å²) in [5.74, 6) is 1.75. The molecule has 1 fully saturated rings. The molecule has 5 nitrogen and oxygen atoms in total. The van der Waals surface area contributed by atoms with E-state index in [1.165, 1.54) is 5.56 Å². The Hall–Kier alpha value is -2.56. The summed E-state index contributed by atoms with van der Waals surface area (Å²) in [5, 5.41) is 0. The lowest BCUT2D eigenvalue weighted by molar-refractivity contribution is 0.0790. The van der Waals surface area contributed by atoms with E-state index >= 15 is 0 Å². The van der Waals surface area contributed by atoms with E-state index in [0.717, 1.165) is 25.3 Å². The number of amides is 1. The normalized spacial score (nSPS) is 16.9. The first-order valence-electron chi connectivity index (χ1n) is 8.23. The molecule has 0 saturated carbocycles. The molecule has 5 heteroatoms. The van der Waals surface area contributed by atoms with Gasteiger partial charge < -0.3 is 14.4 Å². The quantitative estimate of drug-likeness (QED) is 0.847. The number of ether oxygens (including phenoxy) is 2. The van der Waals surface area contributed by atoms with Gasteiger partial charge in [0.1, 0.15) is 5.75 Å². The van der Waals surface area contributed by atoms with Gasteiger partial charge >= 0.3 is 0 Å². The Kier molecular flexibility index (Phi) is 4.99. The van der Waals surface area contributed by atoms with Gasteiger partial charge in [-0.25, -0.2) is 4.98 Å². The molecule has 0 spiro atoms. The molecule has 24 heavy (non-hydrogen) atoms. The Labute approximate surface area is 142 Å². The van der Waals surface area contributed by atoms with Crippen molar-refractivity contribution < 1.29 is 14.3 Å². The number of likely N-dealkylation sites (tertiary alicyclic amines) is 1. The van der Waals surface area contributed by atoms with Gasteiger partial charge in [0.2, 0.25) is 5.88 Å². The molecule has 0 aliphatic carbocycles. The maximum absolute atomic E-state index is 12.7. The molecule has 1 aliphatic heterocycles. The van der Waals surface area contributed by atoms with Gasteiger partial charge in [0.25, 0.3) is 5.91 Å². The first-order valence-corrected chi connectivity index (χ1v) is 8.23. The molecule has 0 unspecified atom stereocenters. The highest BCUT2D eigenvalue weighted by atomic mass is 16.5. The van der Waals surface area contributed by atoms with Crippen LogP contribution in [0.1, 0.15) is 35.2 Å². The Bertz CT molecular complexity index is 700. The van der Waals surface area contributed by atoms with Gasteiger partial charge in [0.15, 0.2) is 0 Å². The SMILES string of the molecule is CCOc1cc(C(=O)N2CC[C@H](c3ccc(OC)cc3)C2)ccn1. The molecule has 2 heterocycles. The second-order valence-corrected chi connectivity index (χ2v) is 5.83. The van der Waals surface area contributed by atoms with Crippen LogP contribution in [-0.2, 0) is 0 Å². The van der Waals surface area contributed by atoms with E-state index in [9.17, 15) is 4.79 Å². The molecule has 1 amide bonds. The summed E-state index contributed by atoms with van der Waals surface area (Å²) >= 11 is 0. The highest BCUT2D eigenvalue weighted by Crippen LogP contribution is 2.29. The number of hydrogen-bond donors (Lipinski definition) is 0. The lowest BCUT2D eigenvalue weighted by Crippen LogP contribution is -2.28. The molecule has 0 radical (unpaired) electrons. The molecular weight excluding hydrogens is 304 g/mol. The van der Waals surface area contributed by atoms with Gasteiger partial charge in [0.05, 0.1) is 13.7 Å². The van der Waals surface area contributed by atoms with E-state index in [4.69, 9.17) is 9.47 Å². The van der Waals surface area contributed by atoms with Crippen LogP contribution in [0.5, 0.6) is 11.6 Å². The molecule has 1 aromatic carbocycles. The second kappa shape index (κ2) is 7.34. The minimum absolute atomic E-state index is 0.0364. The van der Waals surface area contributed by atoms with Crippen LogP contribution in [0.15, 0.2) is 42.6 Å². The zero-order chi connectivity index (χ0) is 16.9. The number of carbonyl (C=O) groups excluding carboxylic acids is 1. The lowest BCUT2D eigenvalue weighted by Gasteiger charge is -2.17. The predicted molar refractivity (Wildman–Crippen MR) is 91.7 cm³/mol. The number of nitrogens with zero attached hydrogens (tertiary/aromatic N) is 2. The summed E-state index contributed by atoms with van der Waals surface area (Å²) in [7, 11) is 1.66. The summed E-state index contributed by atoms with van der Waals surface area (Å²) < 4.78 is 10.6. The van der Waals surface area contributed by atoms with Crippen molar-refractivity contribution in [2.24, 2.45) is 0 Å². The third kappa shape index (κ3) is 3.50. The Morgan fingerprint density at radius 3 is 2.79 bits per heavy atom. The first kappa shape index (κ1) is 16.3. The number of benzene rings is 1. The fourth-order valence-electron chi connectivity index (χ4n) is 3.04. The number of rotatable bonds is 5. The molecule has 1 aliphatic rings. The summed E-state index contributed by atoms with van der Waals surface area (Å²) in [5.41, 5.74) is 1.87. The van der Waals surface area contributed by atoms with E-state index in [0.29, 0.717) is 24.0 Å². The highest BCUT2D eigenvalue weighted by Gasteiger charge is 2.28. The van der Waals surface area contributed by atoms with Crippen molar-refractivity contribution in [2.75, 3.05) is 26.8 Å². The number of methoxy groups -OCH3 is 1. The number of pyridine rings is 1. The van der Waals surface area contributed by atoms with Crippen molar-refractivity contribution in [3.63, 3.8) is 0 Å². The van der Waals surface area contributed by atoms with Crippen molar-refractivity contribution in [1.29, 1.82) is 0 Å². The van der Waals surface area contributed by atoms with Crippen LogP contribution >= 0.6 is 0 Å². The van der Waals surface area contributed by atoms with Crippen molar-refractivity contribution in [3.8, 4) is 11.6 Å². The molecule has 0 bridgehead atoms. The monoisotopic (exact) mass is 326 g/mol. The second-order valence-electron chi connectivity index (χ2n) is 5.83. The zero-order valence-electron chi connectivity index (χ0n) is 14.1. The van der Waals surface area contributed by atoms with Crippen LogP contribution in [0.3, 0.4) is 0 Å². The molecule has 1 aromatic heterocycles. The Balaban J connectivity index is 1.68. The molecule has 3 rings (SSSR count). The Morgan fingerprint density at radius 1 is 1.29 bits per heavy atom. The molecule has 1 saturated heterocycles. The van der Waals surface area contributed by atoms with Crippen molar-refractivity contribution in [1.82, 2.24) is 9.88 Å². The average molecular weight is 326 g/mol. The standard InChI is InChI=1S/C19H22N2O3/c1-3-24-18-12-15(8-10-20-18)19(22)21-11-9-16(13-21)14-4-6-17(23-2)7-5-14/h4-8,10,12,16H,3,9,11,13H2,1-2H3/t16-/m0/s1. The van der Waals surface area contributed by atoms with Crippen LogP contribution in [0.25, 0.3) is 0 Å². The summed E-state index contributed by atoms with van der Waals surface area (Å²) in [6.45, 7) is 3.93. The maximum atomic E-state index is 12.7. The van der Waals surface area contributed by atoms with E-state index in [2.05, 4.69) is 17.1 Å². The van der Waals surface area contributed by atoms with Crippen molar-refractivity contribution in [3.05, 3.63) is 53.7 Å². The van der Waals surface area contributed by atoms with Gasteiger partial charge in [-0.1, -0.05) is 12.1 Å². The van der Waals surface area contributed by atoms with Gasteiger partial charge in [-0.15, -0.1) is 0 Å². The summed E-state index contributed by atoms with van der Waals surface area (Å²) in [6, 6.07) is 11.6. The van der Waals surface area contributed by atoms with E-state index < -0.39 is 0 Å². The third-order valence-corrected chi connectivity index (χ3v) is 4.34. The van der Waals surface area contributed by atoms with Gasteiger partial charge in [-0.2, -0.15) is 0 Å². The van der Waals surface area contributed by atoms with E-state index in [-0.39, 0.29) is 5.91 Å². The molecule has 1 atom stereocenters. The smallest absolute Gasteiger partial charge is 0.254 e. The van der Waals surface area contributed by atoms with E-state index in [1.807, 2.05) is 24.0 Å². The van der Waals surface area contributed by atoms with Crippen LogP contribution in [0, 0.1) is 0 Å². The molecule has 0 N–H and O–H groups in total. The van der Waals surface area contributed by atoms with Crippen molar-refractivity contribution >= 4 is 5.91 Å². The van der Waals surface area contributed by atoms with E-state index in [1.54, 1.807) is 25.4 Å². The average Bonchev–Trinajstić information content (AvgIpc) is 3.12. The van der Waals surface area contributed by atoms with Gasteiger partial charge in [-0.3, -0.25) is 4.79 Å². The largest absolute Gasteiger partial charge is 0.497 e. The van der Waals surface area contributed by atoms with Gasteiger partial charge in [0, 0.05) is 36.8 Å². The van der Waals surface area contributed by atoms with Crippen LogP contribution in [0.2, 0.25) is 0 Å². The topological polar surface area (TPSA) is 51.7 Å². The Morgan fingerprint density at radius 2 is 2.08 bits per heavy atom. The fraction of sp³-hybridized carbons (Fsp3) is 0.368. The minimum atomic E-state index is 0.0364. The minimum Gasteiger partial charge on any atom is -0.497 e. The van der Waals surface area contributed by atoms with Crippen LogP contribution < -0.4 is 9.47 Å². The van der Waals surface area contributed by atoms with Crippen LogP contribution in [-0.4, -0.2) is 42.6 Å². The lowest BCUT2D eigenvalue weighted by atomic mass is 9.98. The van der Waals surface area contributed by atoms with Gasteiger partial charge in [-0.05, 0) is 37.1 Å². The number of carbonyl (C=O) groups is 1. The highest BCUT2D eigenvalue weighted by molar-refractivity contribution is 5.94.